The van der Waals surface area contributed by atoms with Gasteiger partial charge in [-0.25, -0.2) is 4.98 Å². The Bertz CT molecular complexity index is 604. The molecule has 0 radical (unpaired) electrons. The highest BCUT2D eigenvalue weighted by Crippen LogP contribution is 2.11. The van der Waals surface area contributed by atoms with Crippen LogP contribution in [0.25, 0.3) is 0 Å². The summed E-state index contributed by atoms with van der Waals surface area (Å²) in [5.74, 6) is 0.642. The van der Waals surface area contributed by atoms with Gasteiger partial charge in [-0.3, -0.25) is 0 Å². The molecule has 0 saturated carbocycles. The van der Waals surface area contributed by atoms with Crippen LogP contribution in [-0.2, 0) is 6.54 Å². The van der Waals surface area contributed by atoms with E-state index in [0.717, 1.165) is 10.7 Å². The molecule has 21 heavy (non-hydrogen) atoms. The van der Waals surface area contributed by atoms with Crippen LogP contribution >= 0.6 is 11.3 Å². The number of aliphatic hydroxyl groups excluding tert-OH is 1. The number of thiazole rings is 1. The molecule has 0 aliphatic heterocycles. The molecule has 2 N–H and O–H groups in total. The van der Waals surface area contributed by atoms with Crippen molar-refractivity contribution in [1.29, 1.82) is 5.26 Å². The standard InChI is InChI=1S/C15H17N3O2S/c1-11-18-13(10-21-11)7-17-8-14(19)9-20-15-4-2-12(6-16)3-5-15/h2-5,10,14,17,19H,7-9H2,1H3. The Kier molecular flexibility index (Phi) is 5.69. The molecule has 0 spiro atoms. The van der Waals surface area contributed by atoms with Crippen molar-refractivity contribution >= 4 is 11.3 Å². The quantitative estimate of drug-likeness (QED) is 0.816. The lowest BCUT2D eigenvalue weighted by Crippen LogP contribution is -2.31. The number of ether oxygens (including phenoxy) is 1. The molecule has 0 bridgehead atoms. The molecule has 110 valence electrons. The van der Waals surface area contributed by atoms with E-state index in [9.17, 15) is 5.11 Å². The van der Waals surface area contributed by atoms with Gasteiger partial charge in [0, 0.05) is 18.5 Å². The SMILES string of the molecule is Cc1nc(CNCC(O)COc2ccc(C#N)cc2)cs1. The van der Waals surface area contributed by atoms with Crippen molar-refractivity contribution in [2.45, 2.75) is 19.6 Å². The van der Waals surface area contributed by atoms with Crippen LogP contribution < -0.4 is 10.1 Å². The van der Waals surface area contributed by atoms with Crippen molar-refractivity contribution in [2.24, 2.45) is 0 Å². The highest BCUT2D eigenvalue weighted by atomic mass is 32.1. The van der Waals surface area contributed by atoms with Gasteiger partial charge >= 0.3 is 0 Å². The molecule has 1 aromatic heterocycles. The van der Waals surface area contributed by atoms with Gasteiger partial charge in [0.1, 0.15) is 18.5 Å². The fourth-order valence-electron chi connectivity index (χ4n) is 1.73. The number of benzene rings is 1. The Labute approximate surface area is 127 Å². The lowest BCUT2D eigenvalue weighted by molar-refractivity contribution is 0.106. The van der Waals surface area contributed by atoms with Crippen molar-refractivity contribution in [3.8, 4) is 11.8 Å². The fraction of sp³-hybridized carbons (Fsp3) is 0.333. The first kappa shape index (κ1) is 15.4. The van der Waals surface area contributed by atoms with Crippen LogP contribution in [0, 0.1) is 18.3 Å². The van der Waals surface area contributed by atoms with Crippen molar-refractivity contribution in [2.75, 3.05) is 13.2 Å². The second-order valence-corrected chi connectivity index (χ2v) is 5.65. The van der Waals surface area contributed by atoms with E-state index in [1.165, 1.54) is 0 Å². The summed E-state index contributed by atoms with van der Waals surface area (Å²) in [6.07, 6.45) is -0.597. The summed E-state index contributed by atoms with van der Waals surface area (Å²) in [5.41, 5.74) is 1.57. The number of hydrogen-bond donors (Lipinski definition) is 2. The van der Waals surface area contributed by atoms with Gasteiger partial charge in [-0.2, -0.15) is 5.26 Å². The maximum atomic E-state index is 9.84. The zero-order valence-corrected chi connectivity index (χ0v) is 12.6. The molecule has 0 aliphatic rings. The minimum atomic E-state index is -0.597. The molecule has 1 aromatic carbocycles. The van der Waals surface area contributed by atoms with Gasteiger partial charge in [0.15, 0.2) is 0 Å². The van der Waals surface area contributed by atoms with Crippen molar-refractivity contribution in [3.63, 3.8) is 0 Å². The Morgan fingerprint density at radius 2 is 2.19 bits per heavy atom. The van der Waals surface area contributed by atoms with Gasteiger partial charge in [0.2, 0.25) is 0 Å². The molecule has 6 heteroatoms. The second kappa shape index (κ2) is 7.74. The van der Waals surface area contributed by atoms with E-state index in [-0.39, 0.29) is 6.61 Å². The van der Waals surface area contributed by atoms with E-state index in [1.807, 2.05) is 18.4 Å². The molecule has 0 saturated heterocycles. The lowest BCUT2D eigenvalue weighted by Gasteiger charge is -2.12. The minimum Gasteiger partial charge on any atom is -0.491 e. The Morgan fingerprint density at radius 1 is 1.43 bits per heavy atom. The number of aromatic nitrogens is 1. The first-order valence-corrected chi connectivity index (χ1v) is 7.48. The molecule has 2 rings (SSSR count). The first-order valence-electron chi connectivity index (χ1n) is 6.60. The van der Waals surface area contributed by atoms with Crippen molar-refractivity contribution in [1.82, 2.24) is 10.3 Å². The summed E-state index contributed by atoms with van der Waals surface area (Å²) < 4.78 is 5.46. The highest BCUT2D eigenvalue weighted by molar-refractivity contribution is 7.09. The van der Waals surface area contributed by atoms with E-state index in [4.69, 9.17) is 10.00 Å². The Hall–Kier alpha value is -1.94. The predicted molar refractivity (Wildman–Crippen MR) is 81.2 cm³/mol. The van der Waals surface area contributed by atoms with E-state index in [1.54, 1.807) is 35.6 Å². The molecule has 2 aromatic rings. The van der Waals surface area contributed by atoms with Gasteiger partial charge in [0.05, 0.1) is 22.3 Å². The van der Waals surface area contributed by atoms with Crippen LogP contribution in [0.15, 0.2) is 29.6 Å². The summed E-state index contributed by atoms with van der Waals surface area (Å²) >= 11 is 1.61. The number of hydrogen-bond acceptors (Lipinski definition) is 6. The van der Waals surface area contributed by atoms with Gasteiger partial charge in [0.25, 0.3) is 0 Å². The van der Waals surface area contributed by atoms with Crippen LogP contribution in [0.3, 0.4) is 0 Å². The van der Waals surface area contributed by atoms with Gasteiger partial charge in [-0.15, -0.1) is 11.3 Å². The minimum absolute atomic E-state index is 0.203. The summed E-state index contributed by atoms with van der Waals surface area (Å²) in [5, 5.41) is 24.7. The predicted octanol–water partition coefficient (Wildman–Crippen LogP) is 1.85. The summed E-state index contributed by atoms with van der Waals surface area (Å²) in [4.78, 5) is 4.33. The third kappa shape index (κ3) is 5.16. The van der Waals surface area contributed by atoms with E-state index < -0.39 is 6.10 Å². The molecule has 0 fully saturated rings. The molecule has 1 atom stereocenters. The molecular weight excluding hydrogens is 286 g/mol. The molecular formula is C15H17N3O2S. The van der Waals surface area contributed by atoms with E-state index in [2.05, 4.69) is 10.3 Å². The van der Waals surface area contributed by atoms with Crippen LogP contribution in [-0.4, -0.2) is 29.3 Å². The summed E-state index contributed by atoms with van der Waals surface area (Å²) in [6, 6.07) is 8.85. The highest BCUT2D eigenvalue weighted by Gasteiger charge is 2.06. The third-order valence-electron chi connectivity index (χ3n) is 2.78. The smallest absolute Gasteiger partial charge is 0.119 e. The lowest BCUT2D eigenvalue weighted by atomic mass is 10.2. The summed E-state index contributed by atoms with van der Waals surface area (Å²) in [6.45, 7) is 3.24. The average molecular weight is 303 g/mol. The molecule has 1 heterocycles. The maximum Gasteiger partial charge on any atom is 0.119 e. The van der Waals surface area contributed by atoms with Gasteiger partial charge in [-0.05, 0) is 31.2 Å². The van der Waals surface area contributed by atoms with E-state index in [0.29, 0.717) is 24.4 Å². The number of aryl methyl sites for hydroxylation is 1. The molecule has 1 unspecified atom stereocenters. The normalized spacial score (nSPS) is 11.9. The molecule has 0 amide bonds. The summed E-state index contributed by atoms with van der Waals surface area (Å²) in [7, 11) is 0. The fourth-order valence-corrected chi connectivity index (χ4v) is 2.35. The van der Waals surface area contributed by atoms with Crippen LogP contribution in [0.4, 0.5) is 0 Å². The second-order valence-electron chi connectivity index (χ2n) is 4.59. The van der Waals surface area contributed by atoms with Crippen molar-refractivity contribution < 1.29 is 9.84 Å². The van der Waals surface area contributed by atoms with Crippen molar-refractivity contribution in [3.05, 3.63) is 45.9 Å². The monoisotopic (exact) mass is 303 g/mol. The Morgan fingerprint density at radius 3 is 2.81 bits per heavy atom. The zero-order chi connectivity index (χ0) is 15.1. The molecule has 5 nitrogen and oxygen atoms in total. The average Bonchev–Trinajstić information content (AvgIpc) is 2.91. The number of rotatable bonds is 7. The number of nitrogens with zero attached hydrogens (tertiary/aromatic N) is 2. The largest absolute Gasteiger partial charge is 0.491 e. The van der Waals surface area contributed by atoms with Crippen LogP contribution in [0.5, 0.6) is 5.75 Å². The number of aliphatic hydroxyl groups is 1. The number of nitriles is 1. The van der Waals surface area contributed by atoms with E-state index >= 15 is 0 Å². The topological polar surface area (TPSA) is 78.2 Å². The first-order chi connectivity index (χ1) is 10.2. The maximum absolute atomic E-state index is 9.84. The molecule has 0 aliphatic carbocycles. The van der Waals surface area contributed by atoms with Crippen LogP contribution in [0.1, 0.15) is 16.3 Å². The van der Waals surface area contributed by atoms with Crippen LogP contribution in [0.2, 0.25) is 0 Å². The number of nitrogens with one attached hydrogen (secondary N) is 1. The van der Waals surface area contributed by atoms with Gasteiger partial charge < -0.3 is 15.2 Å². The Balaban J connectivity index is 1.67. The zero-order valence-electron chi connectivity index (χ0n) is 11.7. The van der Waals surface area contributed by atoms with Gasteiger partial charge in [-0.1, -0.05) is 0 Å². The third-order valence-corrected chi connectivity index (χ3v) is 3.60.